The van der Waals surface area contributed by atoms with Gasteiger partial charge in [0.1, 0.15) is 12.4 Å². The van der Waals surface area contributed by atoms with E-state index in [-0.39, 0.29) is 0 Å². The van der Waals surface area contributed by atoms with Crippen molar-refractivity contribution in [2.24, 2.45) is 0 Å². The standard InChI is InChI=1S/C12H13N3O/c1-13-10-3-5-11(6-4-10)16-9-12-14-7-2-8-15-12/h2-8,13H,9H2,1H3. The van der Waals surface area contributed by atoms with Crippen molar-refractivity contribution < 1.29 is 4.74 Å². The zero-order valence-corrected chi connectivity index (χ0v) is 9.05. The van der Waals surface area contributed by atoms with Crippen LogP contribution in [0.4, 0.5) is 5.69 Å². The summed E-state index contributed by atoms with van der Waals surface area (Å²) in [5, 5.41) is 3.05. The van der Waals surface area contributed by atoms with Crippen LogP contribution in [0, 0.1) is 0 Å². The van der Waals surface area contributed by atoms with E-state index in [1.807, 2.05) is 31.3 Å². The molecule has 0 fully saturated rings. The van der Waals surface area contributed by atoms with Crippen molar-refractivity contribution in [2.45, 2.75) is 6.61 Å². The summed E-state index contributed by atoms with van der Waals surface area (Å²) in [6.45, 7) is 0.389. The zero-order valence-electron chi connectivity index (χ0n) is 9.05. The van der Waals surface area contributed by atoms with E-state index in [2.05, 4.69) is 15.3 Å². The first-order valence-electron chi connectivity index (χ1n) is 5.05. The number of aromatic nitrogens is 2. The van der Waals surface area contributed by atoms with Crippen molar-refractivity contribution in [3.05, 3.63) is 48.5 Å². The second-order valence-electron chi connectivity index (χ2n) is 3.23. The molecule has 1 heterocycles. The minimum atomic E-state index is 0.389. The minimum absolute atomic E-state index is 0.389. The topological polar surface area (TPSA) is 47.0 Å². The fraction of sp³-hybridized carbons (Fsp3) is 0.167. The number of nitrogens with one attached hydrogen (secondary N) is 1. The average Bonchev–Trinajstić information content (AvgIpc) is 2.38. The third-order valence-corrected chi connectivity index (χ3v) is 2.13. The van der Waals surface area contributed by atoms with E-state index in [1.54, 1.807) is 18.5 Å². The summed E-state index contributed by atoms with van der Waals surface area (Å²) >= 11 is 0. The second kappa shape index (κ2) is 5.11. The Bertz CT molecular complexity index is 428. The zero-order chi connectivity index (χ0) is 11.2. The van der Waals surface area contributed by atoms with Crippen LogP contribution in [-0.4, -0.2) is 17.0 Å². The molecule has 0 amide bonds. The largest absolute Gasteiger partial charge is 0.486 e. The summed E-state index contributed by atoms with van der Waals surface area (Å²) < 4.78 is 5.54. The van der Waals surface area contributed by atoms with Crippen molar-refractivity contribution in [3.8, 4) is 5.75 Å². The average molecular weight is 215 g/mol. The van der Waals surface area contributed by atoms with E-state index in [0.29, 0.717) is 12.4 Å². The van der Waals surface area contributed by atoms with E-state index in [1.165, 1.54) is 0 Å². The lowest BCUT2D eigenvalue weighted by Crippen LogP contribution is -2.00. The quantitative estimate of drug-likeness (QED) is 0.848. The van der Waals surface area contributed by atoms with Crippen LogP contribution in [0.25, 0.3) is 0 Å². The maximum absolute atomic E-state index is 5.54. The van der Waals surface area contributed by atoms with Gasteiger partial charge in [-0.15, -0.1) is 0 Å². The van der Waals surface area contributed by atoms with Crippen molar-refractivity contribution in [3.63, 3.8) is 0 Å². The molecular formula is C12H13N3O. The lowest BCUT2D eigenvalue weighted by molar-refractivity contribution is 0.296. The molecule has 2 aromatic rings. The smallest absolute Gasteiger partial charge is 0.166 e. The van der Waals surface area contributed by atoms with Crippen LogP contribution in [-0.2, 0) is 6.61 Å². The van der Waals surface area contributed by atoms with Gasteiger partial charge in [-0.1, -0.05) is 0 Å². The van der Waals surface area contributed by atoms with Gasteiger partial charge in [-0.3, -0.25) is 0 Å². The van der Waals surface area contributed by atoms with Crippen LogP contribution in [0.3, 0.4) is 0 Å². The monoisotopic (exact) mass is 215 g/mol. The number of hydrogen-bond donors (Lipinski definition) is 1. The molecule has 0 radical (unpaired) electrons. The summed E-state index contributed by atoms with van der Waals surface area (Å²) in [7, 11) is 1.88. The van der Waals surface area contributed by atoms with Crippen molar-refractivity contribution in [1.29, 1.82) is 0 Å². The molecule has 0 aliphatic heterocycles. The maximum atomic E-state index is 5.54. The molecule has 2 rings (SSSR count). The SMILES string of the molecule is CNc1ccc(OCc2ncccn2)cc1. The highest BCUT2D eigenvalue weighted by Crippen LogP contribution is 2.15. The number of ether oxygens (including phenoxy) is 1. The Balaban J connectivity index is 1.94. The highest BCUT2D eigenvalue weighted by atomic mass is 16.5. The number of anilines is 1. The molecule has 4 nitrogen and oxygen atoms in total. The first-order valence-corrected chi connectivity index (χ1v) is 5.05. The third kappa shape index (κ3) is 2.70. The summed E-state index contributed by atoms with van der Waals surface area (Å²) in [4.78, 5) is 8.16. The molecule has 1 N–H and O–H groups in total. The van der Waals surface area contributed by atoms with Gasteiger partial charge in [-0.2, -0.15) is 0 Å². The molecule has 0 atom stereocenters. The maximum Gasteiger partial charge on any atom is 0.166 e. The first kappa shape index (κ1) is 10.4. The first-order chi connectivity index (χ1) is 7.88. The predicted octanol–water partition coefficient (Wildman–Crippen LogP) is 2.10. The Morgan fingerprint density at radius 3 is 2.44 bits per heavy atom. The van der Waals surface area contributed by atoms with Crippen LogP contribution < -0.4 is 10.1 Å². The van der Waals surface area contributed by atoms with Crippen LogP contribution >= 0.6 is 0 Å². The molecular weight excluding hydrogens is 202 g/mol. The van der Waals surface area contributed by atoms with Gasteiger partial charge in [0.2, 0.25) is 0 Å². The highest BCUT2D eigenvalue weighted by Gasteiger charge is 1.97. The second-order valence-corrected chi connectivity index (χ2v) is 3.23. The predicted molar refractivity (Wildman–Crippen MR) is 62.4 cm³/mol. The molecule has 0 bridgehead atoms. The summed E-state index contributed by atoms with van der Waals surface area (Å²) in [5.74, 6) is 1.49. The molecule has 0 spiro atoms. The molecule has 4 heteroatoms. The lowest BCUT2D eigenvalue weighted by atomic mass is 10.3. The van der Waals surface area contributed by atoms with Gasteiger partial charge >= 0.3 is 0 Å². The van der Waals surface area contributed by atoms with Gasteiger partial charge in [0, 0.05) is 25.1 Å². The Hall–Kier alpha value is -2.10. The summed E-state index contributed by atoms with van der Waals surface area (Å²) in [6, 6.07) is 9.52. The van der Waals surface area contributed by atoms with E-state index in [4.69, 9.17) is 4.74 Å². The Morgan fingerprint density at radius 2 is 1.81 bits per heavy atom. The molecule has 82 valence electrons. The normalized spacial score (nSPS) is 9.81. The molecule has 1 aromatic heterocycles. The highest BCUT2D eigenvalue weighted by molar-refractivity contribution is 5.45. The summed E-state index contributed by atoms with van der Waals surface area (Å²) in [6.07, 6.45) is 3.41. The van der Waals surface area contributed by atoms with Crippen molar-refractivity contribution in [2.75, 3.05) is 12.4 Å². The Labute approximate surface area is 94.3 Å². The minimum Gasteiger partial charge on any atom is -0.486 e. The van der Waals surface area contributed by atoms with Gasteiger partial charge in [0.15, 0.2) is 5.82 Å². The molecule has 1 aromatic carbocycles. The van der Waals surface area contributed by atoms with E-state index in [0.717, 1.165) is 11.4 Å². The van der Waals surface area contributed by atoms with Gasteiger partial charge < -0.3 is 10.1 Å². The van der Waals surface area contributed by atoms with E-state index in [9.17, 15) is 0 Å². The van der Waals surface area contributed by atoms with E-state index < -0.39 is 0 Å². The van der Waals surface area contributed by atoms with Gasteiger partial charge in [-0.05, 0) is 30.3 Å². The third-order valence-electron chi connectivity index (χ3n) is 2.13. The Morgan fingerprint density at radius 1 is 1.12 bits per heavy atom. The Kier molecular flexibility index (Phi) is 3.33. The van der Waals surface area contributed by atoms with Crippen molar-refractivity contribution in [1.82, 2.24) is 9.97 Å². The van der Waals surface area contributed by atoms with Crippen molar-refractivity contribution >= 4 is 5.69 Å². The number of benzene rings is 1. The van der Waals surface area contributed by atoms with Gasteiger partial charge in [0.25, 0.3) is 0 Å². The van der Waals surface area contributed by atoms with Crippen LogP contribution in [0.2, 0.25) is 0 Å². The van der Waals surface area contributed by atoms with E-state index >= 15 is 0 Å². The molecule has 0 aliphatic carbocycles. The number of hydrogen-bond acceptors (Lipinski definition) is 4. The summed E-state index contributed by atoms with van der Waals surface area (Å²) in [5.41, 5.74) is 1.06. The molecule has 0 saturated heterocycles. The molecule has 0 saturated carbocycles. The van der Waals surface area contributed by atoms with Crippen LogP contribution in [0.15, 0.2) is 42.7 Å². The molecule has 0 unspecified atom stereocenters. The number of nitrogens with zero attached hydrogens (tertiary/aromatic N) is 2. The van der Waals surface area contributed by atoms with Crippen LogP contribution in [0.5, 0.6) is 5.75 Å². The van der Waals surface area contributed by atoms with Crippen LogP contribution in [0.1, 0.15) is 5.82 Å². The van der Waals surface area contributed by atoms with Gasteiger partial charge in [0.05, 0.1) is 0 Å². The molecule has 16 heavy (non-hydrogen) atoms. The number of rotatable bonds is 4. The van der Waals surface area contributed by atoms with Gasteiger partial charge in [-0.25, -0.2) is 9.97 Å². The lowest BCUT2D eigenvalue weighted by Gasteiger charge is -2.05. The molecule has 0 aliphatic rings. The fourth-order valence-corrected chi connectivity index (χ4v) is 1.27. The fourth-order valence-electron chi connectivity index (χ4n) is 1.27.